The van der Waals surface area contributed by atoms with Crippen molar-refractivity contribution in [1.29, 1.82) is 0 Å². The number of aromatic nitrogens is 1. The first-order valence-corrected chi connectivity index (χ1v) is 30.1. The fourth-order valence-electron chi connectivity index (χ4n) is 13.6. The highest BCUT2D eigenvalue weighted by atomic mass is 16.3. The Hall–Kier alpha value is -11.7. The van der Waals surface area contributed by atoms with Gasteiger partial charge in [0.05, 0.1) is 11.0 Å². The Balaban J connectivity index is 0.806. The van der Waals surface area contributed by atoms with Crippen molar-refractivity contribution in [2.24, 2.45) is 0 Å². The zero-order valence-corrected chi connectivity index (χ0v) is 48.0. The van der Waals surface area contributed by atoms with Crippen LogP contribution in [0.15, 0.2) is 338 Å². The second kappa shape index (κ2) is 21.1. The van der Waals surface area contributed by atoms with E-state index in [1.807, 2.05) is 12.1 Å². The molecule has 412 valence electrons. The SMILES string of the molecule is c1ccc(-c2ccc(N(c3ccc(-c4ccccc4)cc3)c3ccc4c(c3)c3cc(-c5ccc(N(c6ccccc6)c6ccc(-c7cccc8oc9ccccc9c78)cc6)cc5)ccc3n4-c3ccc4c5ccccc5c5ccccc5c4c3)cc2)cc1. The summed E-state index contributed by atoms with van der Waals surface area (Å²) in [5.74, 6) is 0. The number of hydrogen-bond acceptors (Lipinski definition) is 3. The van der Waals surface area contributed by atoms with Crippen LogP contribution in [-0.4, -0.2) is 4.57 Å². The van der Waals surface area contributed by atoms with Crippen LogP contribution in [0.3, 0.4) is 0 Å². The molecule has 0 radical (unpaired) electrons. The van der Waals surface area contributed by atoms with Gasteiger partial charge in [-0.15, -0.1) is 0 Å². The van der Waals surface area contributed by atoms with E-state index in [2.05, 4.69) is 336 Å². The van der Waals surface area contributed by atoms with Gasteiger partial charge in [0.1, 0.15) is 11.2 Å². The van der Waals surface area contributed by atoms with Gasteiger partial charge in [-0.2, -0.15) is 0 Å². The lowest BCUT2D eigenvalue weighted by Gasteiger charge is -2.26. The monoisotopic (exact) mass is 1120 g/mol. The minimum Gasteiger partial charge on any atom is -0.456 e. The molecule has 0 N–H and O–H groups in total. The van der Waals surface area contributed by atoms with Crippen LogP contribution in [0.2, 0.25) is 0 Å². The molecule has 0 bridgehead atoms. The van der Waals surface area contributed by atoms with Gasteiger partial charge in [0.2, 0.25) is 0 Å². The molecule has 2 heterocycles. The number of rotatable bonds is 11. The van der Waals surface area contributed by atoms with Crippen LogP contribution in [0.4, 0.5) is 34.1 Å². The molecule has 0 aliphatic rings. The maximum atomic E-state index is 6.29. The fraction of sp³-hybridized carbons (Fsp3) is 0. The van der Waals surface area contributed by atoms with Crippen LogP contribution < -0.4 is 9.80 Å². The summed E-state index contributed by atoms with van der Waals surface area (Å²) in [4.78, 5) is 4.74. The van der Waals surface area contributed by atoms with Gasteiger partial charge in [0.25, 0.3) is 0 Å². The number of furan rings is 1. The molecule has 4 heteroatoms. The largest absolute Gasteiger partial charge is 0.456 e. The van der Waals surface area contributed by atoms with Gasteiger partial charge < -0.3 is 18.8 Å². The predicted molar refractivity (Wildman–Crippen MR) is 372 cm³/mol. The summed E-state index contributed by atoms with van der Waals surface area (Å²) in [6.07, 6.45) is 0. The highest BCUT2D eigenvalue weighted by molar-refractivity contribution is 6.26. The zero-order chi connectivity index (χ0) is 58.1. The van der Waals surface area contributed by atoms with Gasteiger partial charge in [-0.3, -0.25) is 0 Å². The molecular weight excluding hydrogens is 1070 g/mol. The van der Waals surface area contributed by atoms with Crippen molar-refractivity contribution in [2.75, 3.05) is 9.80 Å². The van der Waals surface area contributed by atoms with Crippen molar-refractivity contribution in [1.82, 2.24) is 4.57 Å². The molecule has 15 aromatic carbocycles. The summed E-state index contributed by atoms with van der Waals surface area (Å²) in [7, 11) is 0. The lowest BCUT2D eigenvalue weighted by molar-refractivity contribution is 0.669. The highest BCUT2D eigenvalue weighted by Gasteiger charge is 2.21. The Morgan fingerprint density at radius 2 is 0.602 bits per heavy atom. The molecule has 0 aliphatic heterocycles. The molecular formula is C84H55N3O. The summed E-state index contributed by atoms with van der Waals surface area (Å²) in [5, 5.41) is 12.1. The van der Waals surface area contributed by atoms with Gasteiger partial charge >= 0.3 is 0 Å². The zero-order valence-electron chi connectivity index (χ0n) is 48.0. The molecule has 0 saturated carbocycles. The molecule has 2 aromatic heterocycles. The molecule has 17 rings (SSSR count). The van der Waals surface area contributed by atoms with Gasteiger partial charge in [0, 0.05) is 61.4 Å². The molecule has 0 atom stereocenters. The van der Waals surface area contributed by atoms with E-state index in [1.54, 1.807) is 0 Å². The molecule has 0 fully saturated rings. The Bertz CT molecular complexity index is 5340. The number of benzene rings is 15. The van der Waals surface area contributed by atoms with Gasteiger partial charge in [0.15, 0.2) is 0 Å². The second-order valence-corrected chi connectivity index (χ2v) is 22.8. The van der Waals surface area contributed by atoms with Crippen LogP contribution in [0.1, 0.15) is 0 Å². The van der Waals surface area contributed by atoms with Crippen LogP contribution >= 0.6 is 0 Å². The molecule has 0 saturated heterocycles. The van der Waals surface area contributed by atoms with Crippen molar-refractivity contribution in [2.45, 2.75) is 0 Å². The normalized spacial score (nSPS) is 11.6. The van der Waals surface area contributed by atoms with E-state index in [9.17, 15) is 0 Å². The fourth-order valence-corrected chi connectivity index (χ4v) is 13.6. The maximum absolute atomic E-state index is 6.29. The molecule has 0 spiro atoms. The predicted octanol–water partition coefficient (Wildman–Crippen LogP) is 23.8. The quantitative estimate of drug-likeness (QED) is 0.121. The number of hydrogen-bond donors (Lipinski definition) is 0. The minimum absolute atomic E-state index is 0.893. The third-order valence-electron chi connectivity index (χ3n) is 17.8. The lowest BCUT2D eigenvalue weighted by Crippen LogP contribution is -2.10. The van der Waals surface area contributed by atoms with Crippen molar-refractivity contribution in [3.8, 4) is 50.2 Å². The van der Waals surface area contributed by atoms with Crippen LogP contribution in [0.5, 0.6) is 0 Å². The van der Waals surface area contributed by atoms with E-state index < -0.39 is 0 Å². The third-order valence-corrected chi connectivity index (χ3v) is 17.8. The Labute approximate surface area is 509 Å². The van der Waals surface area contributed by atoms with E-state index >= 15 is 0 Å². The molecule has 0 unspecified atom stereocenters. The molecule has 0 amide bonds. The first-order valence-electron chi connectivity index (χ1n) is 30.1. The highest BCUT2D eigenvalue weighted by Crippen LogP contribution is 2.45. The second-order valence-electron chi connectivity index (χ2n) is 22.8. The number of nitrogens with zero attached hydrogens (tertiary/aromatic N) is 3. The van der Waals surface area contributed by atoms with Crippen molar-refractivity contribution >= 4 is 110 Å². The summed E-state index contributed by atoms with van der Waals surface area (Å²) < 4.78 is 8.76. The van der Waals surface area contributed by atoms with Crippen LogP contribution in [-0.2, 0) is 0 Å². The maximum Gasteiger partial charge on any atom is 0.136 e. The number of anilines is 6. The van der Waals surface area contributed by atoms with E-state index in [1.165, 1.54) is 60.0 Å². The first kappa shape index (κ1) is 50.8. The van der Waals surface area contributed by atoms with Crippen molar-refractivity contribution in [3.05, 3.63) is 334 Å². The van der Waals surface area contributed by atoms with Crippen molar-refractivity contribution in [3.63, 3.8) is 0 Å². The minimum atomic E-state index is 0.893. The van der Waals surface area contributed by atoms with E-state index in [0.29, 0.717) is 0 Å². The van der Waals surface area contributed by atoms with Gasteiger partial charge in [-0.05, 0) is 192 Å². The van der Waals surface area contributed by atoms with Crippen LogP contribution in [0, 0.1) is 0 Å². The summed E-state index contributed by atoms with van der Waals surface area (Å²) >= 11 is 0. The Morgan fingerprint density at radius 3 is 1.17 bits per heavy atom. The Kier molecular flexibility index (Phi) is 12.2. The average Bonchev–Trinajstić information content (AvgIpc) is 1.62. The lowest BCUT2D eigenvalue weighted by atomic mass is 9.94. The van der Waals surface area contributed by atoms with E-state index in [4.69, 9.17) is 4.42 Å². The summed E-state index contributed by atoms with van der Waals surface area (Å²) in [5.41, 5.74) is 20.9. The van der Waals surface area contributed by atoms with Gasteiger partial charge in [-0.1, -0.05) is 218 Å². The van der Waals surface area contributed by atoms with Gasteiger partial charge in [-0.25, -0.2) is 0 Å². The van der Waals surface area contributed by atoms with E-state index in [-0.39, 0.29) is 0 Å². The van der Waals surface area contributed by atoms with E-state index in [0.717, 1.165) is 100 Å². The van der Waals surface area contributed by atoms with Crippen molar-refractivity contribution < 1.29 is 4.42 Å². The topological polar surface area (TPSA) is 24.6 Å². The molecule has 17 aromatic rings. The summed E-state index contributed by atoms with van der Waals surface area (Å²) in [6.45, 7) is 0. The standard InChI is InChI=1S/C84H55N3O/c1-4-17-56(18-5-1)58-31-40-66(41-32-58)86(67-42-33-59(34-43-67)57-19-6-2-7-20-57)68-49-52-81-79(55-68)78-53-62(39-51-80(78)87(81)69-48-50-75-73-25-11-10-23-71(73)72-24-12-13-26-74(72)77(75)54-69)60-35-44-64(45-36-60)85(63-21-8-3-9-22-63)65-46-37-61(38-47-65)70-28-16-30-83-84(70)76-27-14-15-29-82(76)88-83/h1-55H. The molecule has 88 heavy (non-hydrogen) atoms. The first-order chi connectivity index (χ1) is 43.6. The summed E-state index contributed by atoms with van der Waals surface area (Å²) in [6, 6.07) is 121. The number of para-hydroxylation sites is 2. The molecule has 0 aliphatic carbocycles. The molecule has 4 nitrogen and oxygen atoms in total. The smallest absolute Gasteiger partial charge is 0.136 e. The third kappa shape index (κ3) is 8.69. The average molecular weight is 1120 g/mol. The Morgan fingerprint density at radius 1 is 0.216 bits per heavy atom. The number of fused-ring (bicyclic) bond motifs is 12. The van der Waals surface area contributed by atoms with Crippen LogP contribution in [0.25, 0.3) is 126 Å².